The predicted molar refractivity (Wildman–Crippen MR) is 48.8 cm³/mol. The Morgan fingerprint density at radius 1 is 1.36 bits per heavy atom. The van der Waals surface area contributed by atoms with Crippen molar-refractivity contribution in [3.63, 3.8) is 0 Å². The van der Waals surface area contributed by atoms with Gasteiger partial charge >= 0.3 is 11.7 Å². The number of hydrogen-bond acceptors (Lipinski definition) is 2. The second-order valence-corrected chi connectivity index (χ2v) is 3.05. The molecule has 0 radical (unpaired) electrons. The zero-order valence-electron chi connectivity index (χ0n) is 7.38. The van der Waals surface area contributed by atoms with Crippen LogP contribution in [0.3, 0.4) is 0 Å². The van der Waals surface area contributed by atoms with Gasteiger partial charge in [-0.1, -0.05) is 30.3 Å². The molecule has 1 aliphatic rings. The highest BCUT2D eigenvalue weighted by atomic mass is 16.5. The van der Waals surface area contributed by atoms with E-state index in [4.69, 9.17) is 10.3 Å². The normalized spacial score (nSPS) is 20.4. The van der Waals surface area contributed by atoms with Gasteiger partial charge in [-0.25, -0.2) is 4.79 Å². The molecule has 0 bridgehead atoms. The molecule has 1 atom stereocenters. The van der Waals surface area contributed by atoms with Gasteiger partial charge < -0.3 is 10.3 Å². The summed E-state index contributed by atoms with van der Waals surface area (Å²) in [6.07, 6.45) is 0. The zero-order valence-corrected chi connectivity index (χ0v) is 7.38. The predicted octanol–water partition coefficient (Wildman–Crippen LogP) is 0.998. The van der Waals surface area contributed by atoms with E-state index in [9.17, 15) is 4.79 Å². The number of rotatable bonds is 1. The van der Waals surface area contributed by atoms with Gasteiger partial charge in [0.1, 0.15) is 12.5 Å². The number of ether oxygens (including phenoxy) is 1. The first-order chi connectivity index (χ1) is 6.83. The number of nitrogens with zero attached hydrogens (tertiary/aromatic N) is 2. The minimum atomic E-state index is -0.540. The second-order valence-electron chi connectivity index (χ2n) is 3.05. The number of esters is 1. The summed E-state index contributed by atoms with van der Waals surface area (Å²) >= 11 is 0. The molecular weight excluding hydrogens is 180 g/mol. The van der Waals surface area contributed by atoms with Crippen molar-refractivity contribution in [2.45, 2.75) is 5.92 Å². The molecule has 1 aromatic carbocycles. The van der Waals surface area contributed by atoms with E-state index in [1.54, 1.807) is 0 Å². The van der Waals surface area contributed by atoms with Crippen LogP contribution in [0.2, 0.25) is 0 Å². The van der Waals surface area contributed by atoms with Crippen molar-refractivity contribution < 1.29 is 14.3 Å². The third-order valence-electron chi connectivity index (χ3n) is 2.23. The van der Waals surface area contributed by atoms with Crippen molar-refractivity contribution in [2.24, 2.45) is 0 Å². The van der Waals surface area contributed by atoms with E-state index in [2.05, 4.69) is 4.79 Å². The van der Waals surface area contributed by atoms with Gasteiger partial charge in [-0.2, -0.15) is 4.79 Å². The van der Waals surface area contributed by atoms with Crippen molar-refractivity contribution in [2.75, 3.05) is 6.61 Å². The van der Waals surface area contributed by atoms with Crippen molar-refractivity contribution in [3.05, 3.63) is 41.4 Å². The summed E-state index contributed by atoms with van der Waals surface area (Å²) in [5.41, 5.74) is 9.66. The Kier molecular flexibility index (Phi) is 2.13. The lowest BCUT2D eigenvalue weighted by molar-refractivity contribution is -0.136. The maximum atomic E-state index is 11.1. The van der Waals surface area contributed by atoms with Gasteiger partial charge in [0.2, 0.25) is 0 Å². The van der Waals surface area contributed by atoms with Crippen LogP contribution in [0.25, 0.3) is 5.53 Å². The minimum absolute atomic E-state index is 0.0798. The van der Waals surface area contributed by atoms with E-state index in [0.717, 1.165) is 5.56 Å². The molecule has 0 saturated carbocycles. The third kappa shape index (κ3) is 1.32. The van der Waals surface area contributed by atoms with E-state index in [0.29, 0.717) is 0 Å². The molecule has 1 aromatic rings. The van der Waals surface area contributed by atoms with Crippen LogP contribution in [0.15, 0.2) is 30.3 Å². The maximum absolute atomic E-state index is 11.1. The molecule has 2 rings (SSSR count). The number of cyclic esters (lactones) is 1. The molecule has 0 amide bonds. The van der Waals surface area contributed by atoms with Crippen LogP contribution in [0.1, 0.15) is 11.5 Å². The Bertz CT molecular complexity index is 407. The quantitative estimate of drug-likeness (QED) is 0.375. The number of carbonyl (C=O) groups excluding carboxylic acids is 1. The summed E-state index contributed by atoms with van der Waals surface area (Å²) in [5.74, 6) is -0.782. The largest absolute Gasteiger partial charge is 0.456 e. The van der Waals surface area contributed by atoms with Crippen LogP contribution in [-0.2, 0) is 9.53 Å². The van der Waals surface area contributed by atoms with Gasteiger partial charge in [0, 0.05) is 0 Å². The second kappa shape index (κ2) is 3.44. The summed E-state index contributed by atoms with van der Waals surface area (Å²) in [4.78, 5) is 14.0. The fourth-order valence-electron chi connectivity index (χ4n) is 1.50. The fraction of sp³-hybridized carbons (Fsp3) is 0.200. The highest BCUT2D eigenvalue weighted by Crippen LogP contribution is 2.22. The SMILES string of the molecule is [N-]=[N+]=C1C(=O)OCC1c1ccccc1. The number of carbonyl (C=O) groups is 1. The molecule has 0 aromatic heterocycles. The molecule has 0 N–H and O–H groups in total. The molecule has 1 fully saturated rings. The Morgan fingerprint density at radius 2 is 2.07 bits per heavy atom. The molecule has 0 spiro atoms. The van der Waals surface area contributed by atoms with Crippen LogP contribution < -0.4 is 0 Å². The lowest BCUT2D eigenvalue weighted by atomic mass is 9.97. The molecular formula is C10H8N2O2. The van der Waals surface area contributed by atoms with Crippen LogP contribution >= 0.6 is 0 Å². The topological polar surface area (TPSA) is 62.7 Å². The highest BCUT2D eigenvalue weighted by Gasteiger charge is 2.41. The molecule has 4 heteroatoms. The van der Waals surface area contributed by atoms with Crippen LogP contribution in [0.4, 0.5) is 0 Å². The summed E-state index contributed by atoms with van der Waals surface area (Å²) in [6.45, 7) is 0.252. The monoisotopic (exact) mass is 188 g/mol. The Morgan fingerprint density at radius 3 is 2.71 bits per heavy atom. The molecule has 1 heterocycles. The first-order valence-corrected chi connectivity index (χ1v) is 4.27. The average Bonchev–Trinajstić information content (AvgIpc) is 2.61. The van der Waals surface area contributed by atoms with Gasteiger partial charge in [0.05, 0.1) is 0 Å². The molecule has 70 valence electrons. The lowest BCUT2D eigenvalue weighted by Crippen LogP contribution is -2.14. The molecule has 0 aliphatic carbocycles. The number of benzene rings is 1. The van der Waals surface area contributed by atoms with E-state index in [-0.39, 0.29) is 18.2 Å². The average molecular weight is 188 g/mol. The Labute approximate surface area is 80.7 Å². The van der Waals surface area contributed by atoms with E-state index >= 15 is 0 Å². The van der Waals surface area contributed by atoms with Crippen LogP contribution in [0, 0.1) is 0 Å². The van der Waals surface area contributed by atoms with Gasteiger partial charge in [0.15, 0.2) is 0 Å². The molecule has 1 saturated heterocycles. The molecule has 1 aliphatic heterocycles. The summed E-state index contributed by atoms with van der Waals surface area (Å²) in [6, 6.07) is 9.37. The van der Waals surface area contributed by atoms with Crippen LogP contribution in [-0.4, -0.2) is 23.1 Å². The van der Waals surface area contributed by atoms with Gasteiger partial charge in [-0.05, 0) is 5.56 Å². The maximum Gasteiger partial charge on any atom is 0.417 e. The Balaban J connectivity index is 2.38. The summed E-state index contributed by atoms with van der Waals surface area (Å²) in [5, 5.41) is 0. The summed E-state index contributed by atoms with van der Waals surface area (Å²) in [7, 11) is 0. The smallest absolute Gasteiger partial charge is 0.417 e. The third-order valence-corrected chi connectivity index (χ3v) is 2.23. The number of hydrogen-bond donors (Lipinski definition) is 0. The summed E-state index contributed by atoms with van der Waals surface area (Å²) < 4.78 is 4.79. The van der Waals surface area contributed by atoms with Gasteiger partial charge in [0.25, 0.3) is 0 Å². The first kappa shape index (κ1) is 8.66. The molecule has 1 unspecified atom stereocenters. The minimum Gasteiger partial charge on any atom is -0.456 e. The fourth-order valence-corrected chi connectivity index (χ4v) is 1.50. The molecule has 4 nitrogen and oxygen atoms in total. The lowest BCUT2D eigenvalue weighted by Gasteiger charge is -2.00. The standard InChI is InChI=1S/C10H8N2O2/c11-12-9-8(6-14-10(9)13)7-4-2-1-3-5-7/h1-5,8H,6H2. The van der Waals surface area contributed by atoms with E-state index < -0.39 is 5.97 Å². The van der Waals surface area contributed by atoms with Gasteiger partial charge in [-0.15, -0.1) is 0 Å². The van der Waals surface area contributed by atoms with Gasteiger partial charge in [-0.3, -0.25) is 0 Å². The zero-order chi connectivity index (χ0) is 9.97. The van der Waals surface area contributed by atoms with Crippen molar-refractivity contribution >= 4 is 11.7 Å². The van der Waals surface area contributed by atoms with Crippen molar-refractivity contribution in [3.8, 4) is 0 Å². The Hall–Kier alpha value is -1.93. The van der Waals surface area contributed by atoms with Crippen molar-refractivity contribution in [1.29, 1.82) is 0 Å². The van der Waals surface area contributed by atoms with E-state index in [1.807, 2.05) is 30.3 Å². The highest BCUT2D eigenvalue weighted by molar-refractivity contribution is 6.37. The van der Waals surface area contributed by atoms with Crippen molar-refractivity contribution in [1.82, 2.24) is 0 Å². The van der Waals surface area contributed by atoms with E-state index in [1.165, 1.54) is 0 Å². The van der Waals surface area contributed by atoms with Crippen LogP contribution in [0.5, 0.6) is 0 Å². The first-order valence-electron chi connectivity index (χ1n) is 4.27. The molecule has 14 heavy (non-hydrogen) atoms.